The van der Waals surface area contributed by atoms with Crippen molar-refractivity contribution in [1.82, 2.24) is 14.9 Å². The molecule has 2 aliphatic rings. The first-order chi connectivity index (χ1) is 16.4. The van der Waals surface area contributed by atoms with Crippen molar-refractivity contribution in [3.8, 4) is 0 Å². The summed E-state index contributed by atoms with van der Waals surface area (Å²) in [5.41, 5.74) is 3.80. The van der Waals surface area contributed by atoms with Crippen LogP contribution in [-0.2, 0) is 14.3 Å². The molecule has 2 aliphatic heterocycles. The smallest absolute Gasteiger partial charge is 0.353 e. The minimum atomic E-state index is -0.413. The average Bonchev–Trinajstić information content (AvgIpc) is 3.24. The van der Waals surface area contributed by atoms with E-state index in [0.717, 1.165) is 56.1 Å². The standard InChI is InChI=1S/C25H32N6O3/c1-5-17(6-2)21-22-20(28-23(21)24(33)34-4)15-26-25(29-22)27-18-7-9-19(10-8-18)31-13-11-30(12-14-31)16(3)32/h7-10,15,17,21H,5-6,11-14H2,1-4H3,(H,26,27,29). The number of aliphatic imine (C=N–C) groups is 1. The lowest BCUT2D eigenvalue weighted by Crippen LogP contribution is -2.48. The Labute approximate surface area is 200 Å². The summed E-state index contributed by atoms with van der Waals surface area (Å²) >= 11 is 0. The highest BCUT2D eigenvalue weighted by atomic mass is 16.5. The van der Waals surface area contributed by atoms with E-state index in [1.807, 2.05) is 17.0 Å². The van der Waals surface area contributed by atoms with Crippen LogP contribution in [0.4, 0.5) is 23.0 Å². The SMILES string of the molecule is CCC(CC)C1C(C(=O)OC)=Nc2cnc(Nc3ccc(N4CCN(C(C)=O)CC4)cc3)nc21. The molecule has 0 saturated carbocycles. The van der Waals surface area contributed by atoms with Crippen LogP contribution in [0.2, 0.25) is 0 Å². The van der Waals surface area contributed by atoms with Crippen LogP contribution in [0.1, 0.15) is 45.2 Å². The molecule has 1 amide bonds. The van der Waals surface area contributed by atoms with Gasteiger partial charge in [0.1, 0.15) is 11.4 Å². The summed E-state index contributed by atoms with van der Waals surface area (Å²) in [5.74, 6) is 0.230. The number of aromatic nitrogens is 2. The van der Waals surface area contributed by atoms with Crippen molar-refractivity contribution in [2.75, 3.05) is 43.5 Å². The number of carbonyl (C=O) groups is 2. The lowest BCUT2D eigenvalue weighted by atomic mass is 9.83. The minimum absolute atomic E-state index is 0.129. The number of esters is 1. The fourth-order valence-electron chi connectivity index (χ4n) is 4.74. The molecule has 0 bridgehead atoms. The summed E-state index contributed by atoms with van der Waals surface area (Å²) in [6.45, 7) is 8.97. The van der Waals surface area contributed by atoms with Gasteiger partial charge >= 0.3 is 5.97 Å². The van der Waals surface area contributed by atoms with Gasteiger partial charge < -0.3 is 19.9 Å². The second-order valence-corrected chi connectivity index (χ2v) is 8.67. The molecular formula is C25H32N6O3. The molecule has 1 fully saturated rings. The fraction of sp³-hybridized carbons (Fsp3) is 0.480. The molecule has 1 atom stereocenters. The van der Waals surface area contributed by atoms with Gasteiger partial charge in [-0.25, -0.2) is 19.8 Å². The Morgan fingerprint density at radius 3 is 2.38 bits per heavy atom. The Balaban J connectivity index is 1.49. The van der Waals surface area contributed by atoms with Crippen LogP contribution in [0.15, 0.2) is 35.5 Å². The predicted molar refractivity (Wildman–Crippen MR) is 132 cm³/mol. The highest BCUT2D eigenvalue weighted by Gasteiger charge is 2.38. The summed E-state index contributed by atoms with van der Waals surface area (Å²) in [7, 11) is 1.38. The summed E-state index contributed by atoms with van der Waals surface area (Å²) in [4.78, 5) is 41.8. The fourth-order valence-corrected chi connectivity index (χ4v) is 4.74. The van der Waals surface area contributed by atoms with Crippen LogP contribution in [-0.4, -0.2) is 65.7 Å². The van der Waals surface area contributed by atoms with Crippen molar-refractivity contribution in [1.29, 1.82) is 0 Å². The molecule has 3 heterocycles. The van der Waals surface area contributed by atoms with Gasteiger partial charge in [-0.2, -0.15) is 0 Å². The number of rotatable bonds is 7. The lowest BCUT2D eigenvalue weighted by molar-refractivity contribution is -0.133. The maximum absolute atomic E-state index is 12.4. The highest BCUT2D eigenvalue weighted by Crippen LogP contribution is 2.41. The van der Waals surface area contributed by atoms with E-state index in [-0.39, 0.29) is 17.7 Å². The molecule has 0 aliphatic carbocycles. The third-order valence-corrected chi connectivity index (χ3v) is 6.76. The molecule has 9 nitrogen and oxygen atoms in total. The molecule has 0 spiro atoms. The Morgan fingerprint density at radius 2 is 1.79 bits per heavy atom. The van der Waals surface area contributed by atoms with E-state index in [9.17, 15) is 9.59 Å². The number of carbonyl (C=O) groups excluding carboxylic acids is 2. The van der Waals surface area contributed by atoms with Gasteiger partial charge in [-0.3, -0.25) is 4.79 Å². The zero-order valence-corrected chi connectivity index (χ0v) is 20.2. The highest BCUT2D eigenvalue weighted by molar-refractivity contribution is 6.40. The maximum Gasteiger partial charge on any atom is 0.353 e. The van der Waals surface area contributed by atoms with Crippen molar-refractivity contribution in [3.05, 3.63) is 36.2 Å². The first-order valence-electron chi connectivity index (χ1n) is 11.9. The number of methoxy groups -OCH3 is 1. The van der Waals surface area contributed by atoms with E-state index >= 15 is 0 Å². The molecule has 1 N–H and O–H groups in total. The molecule has 34 heavy (non-hydrogen) atoms. The summed E-state index contributed by atoms with van der Waals surface area (Å²) in [6, 6.07) is 8.12. The molecule has 4 rings (SSSR count). The van der Waals surface area contributed by atoms with Crippen LogP contribution in [0.25, 0.3) is 0 Å². The quantitative estimate of drug-likeness (QED) is 0.624. The molecule has 2 aromatic rings. The number of nitrogens with zero attached hydrogens (tertiary/aromatic N) is 5. The van der Waals surface area contributed by atoms with E-state index in [1.54, 1.807) is 13.1 Å². The Hall–Kier alpha value is -3.49. The number of hydrogen-bond acceptors (Lipinski definition) is 8. The van der Waals surface area contributed by atoms with Gasteiger partial charge in [0.15, 0.2) is 0 Å². The van der Waals surface area contributed by atoms with Gasteiger partial charge in [0, 0.05) is 44.5 Å². The average molecular weight is 465 g/mol. The third-order valence-electron chi connectivity index (χ3n) is 6.76. The summed E-state index contributed by atoms with van der Waals surface area (Å²) in [5, 5.41) is 3.28. The number of amides is 1. The van der Waals surface area contributed by atoms with Crippen molar-refractivity contribution in [3.63, 3.8) is 0 Å². The molecule has 1 saturated heterocycles. The van der Waals surface area contributed by atoms with Gasteiger partial charge in [-0.1, -0.05) is 26.7 Å². The first kappa shape index (κ1) is 23.7. The van der Waals surface area contributed by atoms with E-state index in [0.29, 0.717) is 17.3 Å². The van der Waals surface area contributed by atoms with Crippen LogP contribution >= 0.6 is 0 Å². The second-order valence-electron chi connectivity index (χ2n) is 8.67. The number of anilines is 3. The van der Waals surface area contributed by atoms with Gasteiger partial charge in [0.05, 0.1) is 24.9 Å². The van der Waals surface area contributed by atoms with Gasteiger partial charge in [-0.15, -0.1) is 0 Å². The van der Waals surface area contributed by atoms with E-state index < -0.39 is 5.97 Å². The topological polar surface area (TPSA) is 100 Å². The normalized spacial score (nSPS) is 17.4. The van der Waals surface area contributed by atoms with Gasteiger partial charge in [0.25, 0.3) is 0 Å². The molecule has 1 aromatic heterocycles. The summed E-state index contributed by atoms with van der Waals surface area (Å²) in [6.07, 6.45) is 3.48. The van der Waals surface area contributed by atoms with Crippen molar-refractivity contribution < 1.29 is 14.3 Å². The summed E-state index contributed by atoms with van der Waals surface area (Å²) < 4.78 is 4.98. The van der Waals surface area contributed by atoms with E-state index in [2.05, 4.69) is 46.2 Å². The van der Waals surface area contributed by atoms with Crippen LogP contribution in [0, 0.1) is 5.92 Å². The molecule has 9 heteroatoms. The van der Waals surface area contributed by atoms with Crippen molar-refractivity contribution >= 4 is 40.6 Å². The number of benzene rings is 1. The minimum Gasteiger partial charge on any atom is -0.465 e. The number of nitrogens with one attached hydrogen (secondary N) is 1. The van der Waals surface area contributed by atoms with E-state index in [4.69, 9.17) is 9.72 Å². The van der Waals surface area contributed by atoms with Crippen LogP contribution < -0.4 is 10.2 Å². The Kier molecular flexibility index (Phi) is 7.09. The predicted octanol–water partition coefficient (Wildman–Crippen LogP) is 3.67. The largest absolute Gasteiger partial charge is 0.465 e. The van der Waals surface area contributed by atoms with E-state index in [1.165, 1.54) is 7.11 Å². The van der Waals surface area contributed by atoms with Crippen molar-refractivity contribution in [2.24, 2.45) is 10.9 Å². The third kappa shape index (κ3) is 4.73. The zero-order chi connectivity index (χ0) is 24.2. The second kappa shape index (κ2) is 10.2. The Bertz CT molecular complexity index is 1070. The molecule has 1 unspecified atom stereocenters. The number of fused-ring (bicyclic) bond motifs is 1. The Morgan fingerprint density at radius 1 is 1.12 bits per heavy atom. The number of hydrogen-bond donors (Lipinski definition) is 1. The zero-order valence-electron chi connectivity index (χ0n) is 20.2. The lowest BCUT2D eigenvalue weighted by Gasteiger charge is -2.35. The molecular weight excluding hydrogens is 432 g/mol. The molecule has 1 aromatic carbocycles. The first-order valence-corrected chi connectivity index (χ1v) is 11.9. The van der Waals surface area contributed by atoms with Crippen LogP contribution in [0.5, 0.6) is 0 Å². The van der Waals surface area contributed by atoms with Gasteiger partial charge in [-0.05, 0) is 30.2 Å². The molecule has 0 radical (unpaired) electrons. The monoisotopic (exact) mass is 464 g/mol. The number of piperazine rings is 1. The van der Waals surface area contributed by atoms with Crippen LogP contribution in [0.3, 0.4) is 0 Å². The van der Waals surface area contributed by atoms with Crippen molar-refractivity contribution in [2.45, 2.75) is 39.5 Å². The van der Waals surface area contributed by atoms with Gasteiger partial charge in [0.2, 0.25) is 11.9 Å². The number of ether oxygens (including phenoxy) is 1. The molecule has 180 valence electrons. The maximum atomic E-state index is 12.4.